The molecule has 8 heterocycles. The zero-order valence-electron chi connectivity index (χ0n) is 39.0. The summed E-state index contributed by atoms with van der Waals surface area (Å²) >= 11 is 12.2. The second-order valence-electron chi connectivity index (χ2n) is 16.8. The molecule has 368 valence electrons. The molecule has 2 aliphatic heterocycles. The topological polar surface area (TPSA) is 149 Å². The molecule has 10 aromatic rings. The van der Waals surface area contributed by atoms with Crippen molar-refractivity contribution in [3.8, 4) is 0 Å². The molecule has 0 bridgehead atoms. The molecule has 4 aromatic carbocycles. The Bertz CT molecular complexity index is 3700. The second-order valence-corrected chi connectivity index (χ2v) is 21.0. The second kappa shape index (κ2) is 21.8. The van der Waals surface area contributed by atoms with E-state index in [1.807, 2.05) is 86.6 Å². The number of nitrogen functional groups attached to an aromatic ring is 1. The third-order valence-corrected chi connectivity index (χ3v) is 16.4. The summed E-state index contributed by atoms with van der Waals surface area (Å²) in [6.45, 7) is 5.55. The number of rotatable bonds is 8. The van der Waals surface area contributed by atoms with Crippen LogP contribution in [0.2, 0.25) is 5.02 Å². The number of pyridine rings is 2. The Hall–Kier alpha value is -7.35. The van der Waals surface area contributed by atoms with Gasteiger partial charge in [0.15, 0.2) is 11.6 Å². The Balaban J connectivity index is 0.000000143. The molecule has 12 rings (SSSR count). The molecule has 73 heavy (non-hydrogen) atoms. The molecule has 0 spiro atoms. The summed E-state index contributed by atoms with van der Waals surface area (Å²) in [6, 6.07) is 33.8. The van der Waals surface area contributed by atoms with Crippen LogP contribution >= 0.6 is 56.9 Å². The molecule has 0 aliphatic carbocycles. The van der Waals surface area contributed by atoms with Crippen LogP contribution in [0.15, 0.2) is 145 Å². The lowest BCUT2D eigenvalue weighted by Crippen LogP contribution is -2.35. The van der Waals surface area contributed by atoms with E-state index >= 15 is 0 Å². The lowest BCUT2D eigenvalue weighted by molar-refractivity contribution is 0.0970. The molecule has 0 fully saturated rings. The monoisotopic (exact) mass is 1070 g/mol. The highest BCUT2D eigenvalue weighted by Gasteiger charge is 2.32. The SMILES string of the molecule is CC1C(c2cc3c(Cl)ccnc3s2)=CCN1C(=O)OCc1ccccc1.CC1C(c2cc3c(Nc4ccc5scnc5c4F)ccnc3s2)=CCN1C(=O)OCc1ccccc1.Nc1ccc2scnc2c1F. The van der Waals surface area contributed by atoms with Gasteiger partial charge < -0.3 is 20.5 Å². The molecule has 2 atom stereocenters. The molecule has 2 aliphatic rings. The van der Waals surface area contributed by atoms with Crippen LogP contribution in [0.3, 0.4) is 0 Å². The van der Waals surface area contributed by atoms with Crippen LogP contribution < -0.4 is 11.1 Å². The van der Waals surface area contributed by atoms with E-state index in [1.54, 1.807) is 80.2 Å². The summed E-state index contributed by atoms with van der Waals surface area (Å²) in [4.78, 5) is 49.4. The third-order valence-electron chi connectivity index (χ3n) is 12.3. The largest absolute Gasteiger partial charge is 0.445 e. The summed E-state index contributed by atoms with van der Waals surface area (Å²) in [6.07, 6.45) is 6.92. The normalized spacial score (nSPS) is 15.2. The number of nitrogens with one attached hydrogen (secondary N) is 1. The van der Waals surface area contributed by atoms with Crippen molar-refractivity contribution in [2.45, 2.75) is 39.1 Å². The molecular weight excluding hydrogens is 1030 g/mol. The van der Waals surface area contributed by atoms with Gasteiger partial charge in [-0.1, -0.05) is 84.4 Å². The van der Waals surface area contributed by atoms with Crippen molar-refractivity contribution in [1.82, 2.24) is 29.7 Å². The minimum absolute atomic E-state index is 0.0508. The van der Waals surface area contributed by atoms with Crippen molar-refractivity contribution in [2.24, 2.45) is 0 Å². The number of nitrogens with two attached hydrogens (primary N) is 1. The maximum atomic E-state index is 15.0. The number of nitrogens with zero attached hydrogens (tertiary/aromatic N) is 6. The van der Waals surface area contributed by atoms with Crippen molar-refractivity contribution >= 4 is 138 Å². The number of amides is 2. The van der Waals surface area contributed by atoms with E-state index in [9.17, 15) is 18.4 Å². The fourth-order valence-electron chi connectivity index (χ4n) is 8.36. The zero-order valence-corrected chi connectivity index (χ0v) is 43.0. The fraction of sp³-hybridized carbons (Fsp3) is 0.148. The van der Waals surface area contributed by atoms with Gasteiger partial charge in [0.1, 0.15) is 33.9 Å². The Kier molecular flexibility index (Phi) is 14.7. The van der Waals surface area contributed by atoms with Crippen LogP contribution in [-0.4, -0.2) is 67.1 Å². The van der Waals surface area contributed by atoms with Gasteiger partial charge in [-0.05, 0) is 84.7 Å². The number of hydrogen-bond acceptors (Lipinski definition) is 14. The van der Waals surface area contributed by atoms with Gasteiger partial charge in [0.25, 0.3) is 0 Å². The molecule has 0 radical (unpaired) electrons. The number of halogens is 3. The Morgan fingerprint density at radius 1 is 0.658 bits per heavy atom. The molecule has 2 unspecified atom stereocenters. The number of hydrogen-bond donors (Lipinski definition) is 2. The van der Waals surface area contributed by atoms with Crippen LogP contribution in [0.25, 0.3) is 52.0 Å². The van der Waals surface area contributed by atoms with Crippen molar-refractivity contribution in [3.05, 3.63) is 182 Å². The maximum Gasteiger partial charge on any atom is 0.410 e. The van der Waals surface area contributed by atoms with Gasteiger partial charge in [0.05, 0.1) is 54.6 Å². The first-order valence-electron chi connectivity index (χ1n) is 22.8. The first kappa shape index (κ1) is 49.2. The molecule has 2 amide bonds. The predicted molar refractivity (Wildman–Crippen MR) is 293 cm³/mol. The van der Waals surface area contributed by atoms with E-state index in [-0.39, 0.29) is 49.0 Å². The van der Waals surface area contributed by atoms with Crippen molar-refractivity contribution < 1.29 is 27.8 Å². The smallest absolute Gasteiger partial charge is 0.410 e. The Morgan fingerprint density at radius 2 is 1.16 bits per heavy atom. The highest BCUT2D eigenvalue weighted by Crippen LogP contribution is 2.40. The van der Waals surface area contributed by atoms with Gasteiger partial charge in [-0.15, -0.1) is 45.3 Å². The van der Waals surface area contributed by atoms with Gasteiger partial charge >= 0.3 is 12.2 Å². The molecule has 19 heteroatoms. The molecule has 0 saturated heterocycles. The lowest BCUT2D eigenvalue weighted by Gasteiger charge is -2.23. The van der Waals surface area contributed by atoms with Crippen LogP contribution in [0.4, 0.5) is 35.4 Å². The average Bonchev–Trinajstić information content (AvgIpc) is 4.28. The minimum atomic E-state index is -0.413. The van der Waals surface area contributed by atoms with E-state index in [4.69, 9.17) is 26.8 Å². The van der Waals surface area contributed by atoms with Crippen LogP contribution in [0.5, 0.6) is 0 Å². The number of thiazole rings is 2. The molecule has 6 aromatic heterocycles. The molecule has 12 nitrogen and oxygen atoms in total. The quantitative estimate of drug-likeness (QED) is 0.141. The molecular formula is C54H43ClF2N8O4S4. The minimum Gasteiger partial charge on any atom is -0.445 e. The van der Waals surface area contributed by atoms with Crippen LogP contribution in [0.1, 0.15) is 34.7 Å². The third kappa shape index (κ3) is 10.6. The van der Waals surface area contributed by atoms with Crippen LogP contribution in [0, 0.1) is 11.6 Å². The summed E-state index contributed by atoms with van der Waals surface area (Å²) < 4.78 is 40.7. The van der Waals surface area contributed by atoms with E-state index in [2.05, 4.69) is 49.5 Å². The van der Waals surface area contributed by atoms with Crippen molar-refractivity contribution in [3.63, 3.8) is 0 Å². The molecule has 0 saturated carbocycles. The van der Waals surface area contributed by atoms with Gasteiger partial charge in [0.2, 0.25) is 0 Å². The number of benzene rings is 4. The maximum absolute atomic E-state index is 15.0. The van der Waals surface area contributed by atoms with E-state index in [0.717, 1.165) is 67.5 Å². The number of carbonyl (C=O) groups is 2. The average molecular weight is 1070 g/mol. The van der Waals surface area contributed by atoms with Crippen molar-refractivity contribution in [2.75, 3.05) is 24.1 Å². The summed E-state index contributed by atoms with van der Waals surface area (Å²) in [5.74, 6) is -0.783. The highest BCUT2D eigenvalue weighted by atomic mass is 35.5. The lowest BCUT2D eigenvalue weighted by atomic mass is 10.1. The first-order valence-corrected chi connectivity index (χ1v) is 26.6. The van der Waals surface area contributed by atoms with Gasteiger partial charge in [-0.2, -0.15) is 0 Å². The standard InChI is InChI=1S/C27H21FN4O2S2.C20H17ClN2O2S.C7H5FN2S/c1-16-18(10-12-32(16)27(33)34-14-17-5-3-2-4-6-17)23-13-19-20(9-11-29-26(19)36-23)31-21-7-8-22-25(24(21)28)30-15-35-22;1-13-15(18-11-16-17(21)7-9-22-19(16)26-18)8-10-23(13)20(24)25-12-14-5-3-2-4-6-14;8-6-4(9)1-2-5-7(6)10-3-11-5/h2-11,13,15-16H,12,14H2,1H3,(H,29,31);2-9,11,13H,10,12H2,1H3;1-3H,9H2. The van der Waals surface area contributed by atoms with E-state index in [1.165, 1.54) is 22.7 Å². The number of carbonyl (C=O) groups excluding carboxylic acids is 2. The van der Waals surface area contributed by atoms with Crippen LogP contribution in [-0.2, 0) is 22.7 Å². The predicted octanol–water partition coefficient (Wildman–Crippen LogP) is 14.6. The highest BCUT2D eigenvalue weighted by molar-refractivity contribution is 7.20. The summed E-state index contributed by atoms with van der Waals surface area (Å²) in [5.41, 5.74) is 14.7. The Labute approximate surface area is 438 Å². The summed E-state index contributed by atoms with van der Waals surface area (Å²) in [7, 11) is 0. The first-order chi connectivity index (χ1) is 35.5. The van der Waals surface area contributed by atoms with E-state index < -0.39 is 5.82 Å². The van der Waals surface area contributed by atoms with Gasteiger partial charge in [0, 0.05) is 46.0 Å². The number of ether oxygens (including phenoxy) is 2. The van der Waals surface area contributed by atoms with Gasteiger partial charge in [-0.3, -0.25) is 9.80 Å². The number of thiophene rings is 2. The van der Waals surface area contributed by atoms with Crippen molar-refractivity contribution in [1.29, 1.82) is 0 Å². The number of anilines is 3. The van der Waals surface area contributed by atoms with Gasteiger partial charge in [-0.25, -0.2) is 38.3 Å². The number of fused-ring (bicyclic) bond motifs is 4. The zero-order chi connectivity index (χ0) is 50.6. The Morgan fingerprint density at radius 3 is 1.73 bits per heavy atom. The number of aromatic nitrogens is 4. The summed E-state index contributed by atoms with van der Waals surface area (Å²) in [5, 5.41) is 5.77. The fourth-order valence-corrected chi connectivity index (χ4v) is 12.3. The van der Waals surface area contributed by atoms with E-state index in [0.29, 0.717) is 34.8 Å². The molecule has 3 N–H and O–H groups in total.